The fourth-order valence-corrected chi connectivity index (χ4v) is 9.73. The number of hydrogen-bond donors (Lipinski definition) is 4. The van der Waals surface area contributed by atoms with Gasteiger partial charge in [0.15, 0.2) is 15.7 Å². The van der Waals surface area contributed by atoms with Crippen molar-refractivity contribution in [1.29, 1.82) is 0 Å². The minimum Gasteiger partial charge on any atom is -0.369 e. The summed E-state index contributed by atoms with van der Waals surface area (Å²) in [6, 6.07) is 23.7. The number of hydrogen-bond acceptors (Lipinski definition) is 15. The van der Waals surface area contributed by atoms with E-state index < -0.39 is 15.1 Å². The Balaban J connectivity index is 0.728. The Morgan fingerprint density at radius 2 is 1.57 bits per heavy atom. The molecule has 65 heavy (non-hydrogen) atoms. The number of piperazine rings is 2. The Morgan fingerprint density at radius 3 is 2.34 bits per heavy atom. The zero-order valence-electron chi connectivity index (χ0n) is 36.8. The van der Waals surface area contributed by atoms with Gasteiger partial charge < -0.3 is 36.0 Å². The summed E-state index contributed by atoms with van der Waals surface area (Å²) in [6.07, 6.45) is 5.13. The number of aromatic nitrogens is 4. The molecule has 8 rings (SSSR count). The van der Waals surface area contributed by atoms with Crippen molar-refractivity contribution in [3.05, 3.63) is 102 Å². The van der Waals surface area contributed by atoms with Crippen LogP contribution < -0.4 is 36.0 Å². The molecular weight excluding hydrogens is 869 g/mol. The highest BCUT2D eigenvalue weighted by molar-refractivity contribution is 7.92. The van der Waals surface area contributed by atoms with Gasteiger partial charge in [-0.25, -0.2) is 27.8 Å². The summed E-state index contributed by atoms with van der Waals surface area (Å²) in [4.78, 5) is 42.4. The van der Waals surface area contributed by atoms with Crippen LogP contribution in [0.5, 0.6) is 0 Å². The number of anilines is 8. The normalized spacial score (nSPS) is 17.6. The van der Waals surface area contributed by atoms with E-state index in [1.165, 1.54) is 12.3 Å². The number of nitrogens with one attached hydrogen (secondary N) is 4. The molecule has 4 N–H and O–H groups in total. The van der Waals surface area contributed by atoms with Crippen LogP contribution in [0.25, 0.3) is 0 Å². The van der Waals surface area contributed by atoms with Crippen molar-refractivity contribution >= 4 is 73.5 Å². The lowest BCUT2D eigenvalue weighted by atomic mass is 10.0. The largest absolute Gasteiger partial charge is 0.369 e. The Labute approximate surface area is 385 Å². The maximum atomic E-state index is 13.8. The summed E-state index contributed by atoms with van der Waals surface area (Å²) in [7, 11) is -3.55. The highest BCUT2D eigenvalue weighted by Crippen LogP contribution is 2.31. The minimum atomic E-state index is -3.55. The van der Waals surface area contributed by atoms with E-state index in [4.69, 9.17) is 11.6 Å². The summed E-state index contributed by atoms with van der Waals surface area (Å²) < 4.78 is 39.8. The second-order valence-corrected chi connectivity index (χ2v) is 19.8. The first-order chi connectivity index (χ1) is 31.5. The van der Waals surface area contributed by atoms with Gasteiger partial charge in [-0.2, -0.15) is 4.98 Å². The summed E-state index contributed by atoms with van der Waals surface area (Å²) in [6.45, 7) is 13.3. The molecule has 1 amide bonds. The number of piperidine rings is 1. The molecule has 0 saturated carbocycles. The van der Waals surface area contributed by atoms with Crippen LogP contribution in [0.1, 0.15) is 26.7 Å². The Bertz CT molecular complexity index is 2500. The van der Waals surface area contributed by atoms with Gasteiger partial charge >= 0.3 is 0 Å². The maximum Gasteiger partial charge on any atom is 0.234 e. The molecule has 3 saturated heterocycles. The second-order valence-electron chi connectivity index (χ2n) is 16.9. The van der Waals surface area contributed by atoms with Crippen molar-refractivity contribution in [3.63, 3.8) is 0 Å². The van der Waals surface area contributed by atoms with Gasteiger partial charge in [-0.15, -0.1) is 0 Å². The van der Waals surface area contributed by atoms with Gasteiger partial charge in [0.25, 0.3) is 0 Å². The molecule has 5 heterocycles. The Kier molecular flexibility index (Phi) is 14.8. The maximum absolute atomic E-state index is 13.8. The van der Waals surface area contributed by atoms with E-state index in [-0.39, 0.29) is 33.5 Å². The van der Waals surface area contributed by atoms with Crippen molar-refractivity contribution < 1.29 is 17.6 Å². The van der Waals surface area contributed by atoms with E-state index in [0.29, 0.717) is 24.7 Å². The van der Waals surface area contributed by atoms with Crippen LogP contribution in [0.15, 0.2) is 96.3 Å². The van der Waals surface area contributed by atoms with Crippen molar-refractivity contribution in [2.24, 2.45) is 0 Å². The van der Waals surface area contributed by atoms with Gasteiger partial charge in [-0.05, 0) is 81.3 Å². The Hall–Kier alpha value is -5.82. The topological polar surface area (TPSA) is 167 Å². The molecule has 3 aliphatic heterocycles. The molecule has 3 fully saturated rings. The molecule has 19 heteroatoms. The molecule has 2 aromatic heterocycles. The summed E-state index contributed by atoms with van der Waals surface area (Å²) in [5, 5.41) is 12.7. The van der Waals surface area contributed by atoms with Crippen molar-refractivity contribution in [2.75, 3.05) is 116 Å². The fourth-order valence-electron chi connectivity index (χ4n) is 8.39. The number of nitrogens with zero attached hydrogens (tertiary/aromatic N) is 9. The molecule has 3 aromatic carbocycles. The predicted molar refractivity (Wildman–Crippen MR) is 256 cm³/mol. The van der Waals surface area contributed by atoms with E-state index >= 15 is 0 Å². The van der Waals surface area contributed by atoms with E-state index in [1.807, 2.05) is 36.4 Å². The number of benzene rings is 3. The number of carbonyl (C=O) groups excluding carboxylic acids is 1. The first-order valence-corrected chi connectivity index (χ1v) is 24.2. The molecule has 1 atom stereocenters. The third kappa shape index (κ3) is 11.9. The molecule has 3 aliphatic rings. The predicted octanol–water partition coefficient (Wildman–Crippen LogP) is 5.87. The first kappa shape index (κ1) is 45.7. The summed E-state index contributed by atoms with van der Waals surface area (Å²) in [5.74, 6) is 2.11. The summed E-state index contributed by atoms with van der Waals surface area (Å²) >= 11 is 6.42. The molecule has 344 valence electrons. The van der Waals surface area contributed by atoms with E-state index in [0.717, 1.165) is 114 Å². The van der Waals surface area contributed by atoms with Crippen LogP contribution in [0.3, 0.4) is 0 Å². The van der Waals surface area contributed by atoms with Gasteiger partial charge in [0, 0.05) is 108 Å². The quantitative estimate of drug-likeness (QED) is 0.0928. The van der Waals surface area contributed by atoms with E-state index in [1.54, 1.807) is 56.6 Å². The number of amides is 1. The minimum absolute atomic E-state index is 0.0399. The molecule has 0 spiro atoms. The van der Waals surface area contributed by atoms with Crippen molar-refractivity contribution in [2.45, 2.75) is 42.9 Å². The average molecular weight is 927 g/mol. The van der Waals surface area contributed by atoms with Gasteiger partial charge in [0.2, 0.25) is 11.9 Å². The van der Waals surface area contributed by atoms with Crippen LogP contribution >= 0.6 is 11.6 Å². The SMILES string of the molecule is CC(C)S(=O)(=O)c1ccccc1Nc1nc(Nc2ccc(N3CCN(CC(=O)NCCN4CCN(c5cc(N[C@@H]6CCCN(c7cccc(F)c7)C6)ncn5)CC4)CC3)cc2)ncc1Cl. The lowest BCUT2D eigenvalue weighted by molar-refractivity contribution is -0.122. The van der Waals surface area contributed by atoms with Gasteiger partial charge in [0.1, 0.15) is 28.8 Å². The first-order valence-electron chi connectivity index (χ1n) is 22.3. The molecular formula is C46H57ClFN13O3S. The van der Waals surface area contributed by atoms with Crippen LogP contribution in [-0.4, -0.2) is 140 Å². The van der Waals surface area contributed by atoms with E-state index in [2.05, 4.69) is 65.7 Å². The molecule has 16 nitrogen and oxygen atoms in total. The number of halogens is 2. The van der Waals surface area contributed by atoms with Gasteiger partial charge in [-0.1, -0.05) is 29.8 Å². The van der Waals surface area contributed by atoms with Crippen molar-refractivity contribution in [3.8, 4) is 0 Å². The highest BCUT2D eigenvalue weighted by Gasteiger charge is 2.25. The van der Waals surface area contributed by atoms with Crippen LogP contribution in [0, 0.1) is 5.82 Å². The number of carbonyl (C=O) groups is 1. The van der Waals surface area contributed by atoms with Crippen LogP contribution in [0.2, 0.25) is 5.02 Å². The zero-order valence-corrected chi connectivity index (χ0v) is 38.4. The van der Waals surface area contributed by atoms with Gasteiger partial charge in [0.05, 0.1) is 28.6 Å². The van der Waals surface area contributed by atoms with Crippen molar-refractivity contribution in [1.82, 2.24) is 35.1 Å². The number of para-hydroxylation sites is 1. The van der Waals surface area contributed by atoms with E-state index in [9.17, 15) is 17.6 Å². The third-order valence-corrected chi connectivity index (χ3v) is 14.6. The standard InChI is InChI=1S/C46H57ClFN13O3S/c1-33(2)65(63,64)41-11-4-3-10-40(41)55-45-39(47)29-50-46(56-45)54-35-12-14-37(15-13-35)59-23-21-58(22-24-59)31-44(62)49-16-18-57-19-25-60(26-20-57)43-28-42(51-32-52-43)53-36-8-6-17-61(30-36)38-9-5-7-34(48)27-38/h3-5,7,9-15,27-29,32-33,36H,6,8,16-26,30-31H2,1-2H3,(H,49,62)(H,51,52,53)(H2,50,54,55,56)/t36-/m1/s1. The second kappa shape index (κ2) is 21.0. The zero-order chi connectivity index (χ0) is 45.3. The molecule has 0 aliphatic carbocycles. The van der Waals surface area contributed by atoms with Crippen LogP contribution in [-0.2, 0) is 14.6 Å². The Morgan fingerprint density at radius 1 is 0.815 bits per heavy atom. The lowest BCUT2D eigenvalue weighted by Gasteiger charge is -2.36. The third-order valence-electron chi connectivity index (χ3n) is 12.1. The number of sulfone groups is 1. The molecule has 0 unspecified atom stereocenters. The number of rotatable bonds is 16. The highest BCUT2D eigenvalue weighted by atomic mass is 35.5. The smallest absolute Gasteiger partial charge is 0.234 e. The molecule has 5 aromatic rings. The fraction of sp³-hybridized carbons (Fsp3) is 0.413. The average Bonchev–Trinajstić information content (AvgIpc) is 3.31. The van der Waals surface area contributed by atoms with Gasteiger partial charge in [-0.3, -0.25) is 14.6 Å². The monoisotopic (exact) mass is 925 g/mol. The van der Waals surface area contributed by atoms with Crippen LogP contribution in [0.4, 0.5) is 50.5 Å². The summed E-state index contributed by atoms with van der Waals surface area (Å²) in [5.41, 5.74) is 3.15. The molecule has 0 bridgehead atoms. The lowest BCUT2D eigenvalue weighted by Crippen LogP contribution is -2.51. The molecule has 0 radical (unpaired) electrons.